The SMILES string of the molecule is Cc1csc(NS(=O)C2=C(F)C=C(NCCCCNCC3(O)CNC3)C(Cl)C2)n1. The minimum Gasteiger partial charge on any atom is -0.387 e. The van der Waals surface area contributed by atoms with Gasteiger partial charge in [0.1, 0.15) is 11.4 Å². The molecule has 0 spiro atoms. The van der Waals surface area contributed by atoms with Crippen molar-refractivity contribution in [2.75, 3.05) is 37.4 Å². The molecule has 5 N–H and O–H groups in total. The predicted octanol–water partition coefficient (Wildman–Crippen LogP) is 1.90. The number of aryl methyl sites for hydroxylation is 1. The van der Waals surface area contributed by atoms with E-state index in [9.17, 15) is 13.7 Å². The van der Waals surface area contributed by atoms with E-state index in [1.165, 1.54) is 17.4 Å². The quantitative estimate of drug-likeness (QED) is 0.254. The summed E-state index contributed by atoms with van der Waals surface area (Å²) in [5.74, 6) is -0.521. The van der Waals surface area contributed by atoms with Gasteiger partial charge < -0.3 is 21.1 Å². The highest BCUT2D eigenvalue weighted by Crippen LogP contribution is 2.30. The molecule has 2 aliphatic rings. The standard InChI is InChI=1S/C18H27ClFN5O2S2/c1-12-8-28-17(24-12)25-29(27)16-6-13(19)15(7-14(16)20)23-5-3-2-4-21-9-18(26)10-22-11-18/h7-8,13,21-23,26H,2-6,9-11H2,1H3,(H,24,25). The van der Waals surface area contributed by atoms with E-state index < -0.39 is 27.8 Å². The van der Waals surface area contributed by atoms with Crippen LogP contribution in [0.5, 0.6) is 0 Å². The lowest BCUT2D eigenvalue weighted by atomic mass is 9.97. The molecule has 29 heavy (non-hydrogen) atoms. The first kappa shape index (κ1) is 22.6. The number of halogens is 2. The van der Waals surface area contributed by atoms with Crippen molar-refractivity contribution in [1.29, 1.82) is 0 Å². The van der Waals surface area contributed by atoms with Crippen LogP contribution >= 0.6 is 22.9 Å². The Morgan fingerprint density at radius 3 is 2.86 bits per heavy atom. The predicted molar refractivity (Wildman–Crippen MR) is 117 cm³/mol. The normalized spacial score (nSPS) is 22.1. The van der Waals surface area contributed by atoms with Gasteiger partial charge in [-0.3, -0.25) is 4.72 Å². The van der Waals surface area contributed by atoms with Crippen molar-refractivity contribution in [2.45, 2.75) is 37.2 Å². The van der Waals surface area contributed by atoms with Gasteiger partial charge >= 0.3 is 0 Å². The monoisotopic (exact) mass is 463 g/mol. The molecule has 2 heterocycles. The minimum atomic E-state index is -1.71. The van der Waals surface area contributed by atoms with Gasteiger partial charge in [-0.15, -0.1) is 22.9 Å². The molecule has 3 rings (SSSR count). The van der Waals surface area contributed by atoms with Gasteiger partial charge in [0.05, 0.1) is 16.0 Å². The van der Waals surface area contributed by atoms with E-state index in [1.807, 2.05) is 12.3 Å². The summed E-state index contributed by atoms with van der Waals surface area (Å²) in [7, 11) is -1.71. The first-order chi connectivity index (χ1) is 13.9. The molecule has 1 aliphatic heterocycles. The molecule has 1 aliphatic carbocycles. The van der Waals surface area contributed by atoms with Crippen LogP contribution in [0.1, 0.15) is 25.0 Å². The van der Waals surface area contributed by atoms with Crippen molar-refractivity contribution in [3.05, 3.63) is 33.6 Å². The number of hydrogen-bond donors (Lipinski definition) is 5. The number of anilines is 1. The van der Waals surface area contributed by atoms with Crippen LogP contribution in [-0.4, -0.2) is 58.0 Å². The number of β-amino-alcohol motifs (C(OH)–C–C–N with tert-alkyl or cyclic N) is 1. The Labute approximate surface area is 181 Å². The molecule has 2 unspecified atom stereocenters. The van der Waals surface area contributed by atoms with Crippen LogP contribution in [0.2, 0.25) is 0 Å². The Balaban J connectivity index is 1.40. The number of nitrogens with zero attached hydrogens (tertiary/aromatic N) is 1. The Hall–Kier alpha value is -1.04. The van der Waals surface area contributed by atoms with E-state index in [-0.39, 0.29) is 11.3 Å². The van der Waals surface area contributed by atoms with Crippen LogP contribution in [0.15, 0.2) is 27.9 Å². The van der Waals surface area contributed by atoms with E-state index >= 15 is 0 Å². The van der Waals surface area contributed by atoms with Crippen molar-refractivity contribution in [3.63, 3.8) is 0 Å². The number of allylic oxidation sites excluding steroid dienone is 4. The Morgan fingerprint density at radius 1 is 1.45 bits per heavy atom. The summed E-state index contributed by atoms with van der Waals surface area (Å²) in [6.07, 6.45) is 3.33. The molecule has 7 nitrogen and oxygen atoms in total. The number of thiazole rings is 1. The number of unbranched alkanes of at least 4 members (excludes halogenated alkanes) is 1. The third-order valence-electron chi connectivity index (χ3n) is 4.75. The van der Waals surface area contributed by atoms with Crippen LogP contribution in [0, 0.1) is 6.92 Å². The van der Waals surface area contributed by atoms with Gasteiger partial charge in [-0.25, -0.2) is 13.6 Å². The fourth-order valence-corrected chi connectivity index (χ4v) is 5.23. The summed E-state index contributed by atoms with van der Waals surface area (Å²) in [6.45, 7) is 5.19. The number of nitrogens with one attached hydrogen (secondary N) is 4. The van der Waals surface area contributed by atoms with E-state index in [0.29, 0.717) is 37.0 Å². The largest absolute Gasteiger partial charge is 0.387 e. The Morgan fingerprint density at radius 2 is 2.21 bits per heavy atom. The highest BCUT2D eigenvalue weighted by molar-refractivity contribution is 7.90. The molecule has 1 fully saturated rings. The molecule has 1 aromatic heterocycles. The fraction of sp³-hybridized carbons (Fsp3) is 0.611. The summed E-state index contributed by atoms with van der Waals surface area (Å²) >= 11 is 7.70. The average Bonchev–Trinajstić information content (AvgIpc) is 3.06. The maximum Gasteiger partial charge on any atom is 0.195 e. The average molecular weight is 464 g/mol. The molecular formula is C18H27ClFN5O2S2. The molecule has 11 heteroatoms. The van der Waals surface area contributed by atoms with Crippen molar-refractivity contribution in [2.24, 2.45) is 0 Å². The molecule has 0 amide bonds. The molecular weight excluding hydrogens is 437 g/mol. The number of rotatable bonds is 11. The van der Waals surface area contributed by atoms with Gasteiger partial charge in [0, 0.05) is 43.7 Å². The minimum absolute atomic E-state index is 0.149. The Bertz CT molecular complexity index is 797. The van der Waals surface area contributed by atoms with E-state index in [4.69, 9.17) is 11.6 Å². The lowest BCUT2D eigenvalue weighted by Gasteiger charge is -2.37. The molecule has 2 atom stereocenters. The Kier molecular flexibility index (Phi) is 8.06. The van der Waals surface area contributed by atoms with Gasteiger partial charge in [-0.1, -0.05) is 0 Å². The number of hydrogen-bond acceptors (Lipinski definition) is 7. The van der Waals surface area contributed by atoms with Gasteiger partial charge in [0.25, 0.3) is 0 Å². The maximum absolute atomic E-state index is 14.5. The van der Waals surface area contributed by atoms with Crippen LogP contribution in [0.4, 0.5) is 9.52 Å². The maximum atomic E-state index is 14.5. The summed E-state index contributed by atoms with van der Waals surface area (Å²) in [6, 6.07) is 0. The summed E-state index contributed by atoms with van der Waals surface area (Å²) in [5, 5.41) is 21.3. The van der Waals surface area contributed by atoms with Gasteiger partial charge in [-0.05, 0) is 32.4 Å². The zero-order valence-corrected chi connectivity index (χ0v) is 18.7. The molecule has 0 saturated carbocycles. The smallest absolute Gasteiger partial charge is 0.195 e. The lowest BCUT2D eigenvalue weighted by Crippen LogP contribution is -2.64. The highest BCUT2D eigenvalue weighted by Gasteiger charge is 2.33. The van der Waals surface area contributed by atoms with E-state index in [1.54, 1.807) is 0 Å². The molecule has 1 aromatic rings. The van der Waals surface area contributed by atoms with Crippen molar-refractivity contribution < 1.29 is 13.7 Å². The summed E-state index contributed by atoms with van der Waals surface area (Å²) < 4.78 is 29.6. The molecule has 0 bridgehead atoms. The second kappa shape index (κ2) is 10.3. The topological polar surface area (TPSA) is 98.3 Å². The molecule has 0 radical (unpaired) electrons. The van der Waals surface area contributed by atoms with E-state index in [2.05, 4.69) is 25.7 Å². The summed E-state index contributed by atoms with van der Waals surface area (Å²) in [4.78, 5) is 4.33. The summed E-state index contributed by atoms with van der Waals surface area (Å²) in [5.41, 5.74) is 0.824. The van der Waals surface area contributed by atoms with E-state index in [0.717, 1.165) is 25.1 Å². The fourth-order valence-electron chi connectivity index (χ4n) is 3.01. The number of aliphatic hydroxyl groups is 1. The van der Waals surface area contributed by atoms with Gasteiger partial charge in [-0.2, -0.15) is 0 Å². The zero-order valence-electron chi connectivity index (χ0n) is 16.3. The first-order valence-corrected chi connectivity index (χ1v) is 12.1. The zero-order chi connectivity index (χ0) is 20.9. The van der Waals surface area contributed by atoms with Crippen molar-refractivity contribution in [3.8, 4) is 0 Å². The van der Waals surface area contributed by atoms with Gasteiger partial charge in [0.2, 0.25) is 0 Å². The van der Waals surface area contributed by atoms with Crippen molar-refractivity contribution in [1.82, 2.24) is 20.9 Å². The van der Waals surface area contributed by atoms with Crippen LogP contribution in [-0.2, 0) is 11.0 Å². The van der Waals surface area contributed by atoms with Crippen LogP contribution in [0.25, 0.3) is 0 Å². The molecule has 162 valence electrons. The number of aromatic nitrogens is 1. The highest BCUT2D eigenvalue weighted by atomic mass is 35.5. The van der Waals surface area contributed by atoms with Gasteiger partial charge in [0.15, 0.2) is 16.1 Å². The molecule has 0 aromatic carbocycles. The molecule has 1 saturated heterocycles. The number of alkyl halides is 1. The van der Waals surface area contributed by atoms with Crippen LogP contribution in [0.3, 0.4) is 0 Å². The second-order valence-corrected chi connectivity index (χ2v) is 9.97. The third kappa shape index (κ3) is 6.47. The lowest BCUT2D eigenvalue weighted by molar-refractivity contribution is -0.00822. The third-order valence-corrected chi connectivity index (χ3v) is 7.33. The second-order valence-electron chi connectivity index (χ2n) is 7.35. The van der Waals surface area contributed by atoms with Crippen molar-refractivity contribution >= 4 is 39.1 Å². The first-order valence-electron chi connectivity index (χ1n) is 9.59. The van der Waals surface area contributed by atoms with Crippen LogP contribution < -0.4 is 20.7 Å².